The van der Waals surface area contributed by atoms with Crippen molar-refractivity contribution in [1.29, 1.82) is 0 Å². The number of hydrogen-bond donors (Lipinski definition) is 2. The zero-order valence-electron chi connectivity index (χ0n) is 8.74. The molecule has 1 aliphatic rings. The van der Waals surface area contributed by atoms with E-state index in [1.165, 1.54) is 38.0 Å². The molecule has 3 nitrogen and oxygen atoms in total. The van der Waals surface area contributed by atoms with Crippen LogP contribution in [0.5, 0.6) is 0 Å². The molecule has 1 aliphatic heterocycles. The number of nitrogens with zero attached hydrogens (tertiary/aromatic N) is 1. The summed E-state index contributed by atoms with van der Waals surface area (Å²) < 4.78 is 0. The van der Waals surface area contributed by atoms with E-state index in [1.54, 1.807) is 6.33 Å². The maximum atomic E-state index is 4.01. The van der Waals surface area contributed by atoms with Crippen molar-refractivity contribution in [3.05, 3.63) is 18.2 Å². The van der Waals surface area contributed by atoms with Crippen molar-refractivity contribution in [2.75, 3.05) is 13.1 Å². The summed E-state index contributed by atoms with van der Waals surface area (Å²) in [5.41, 5.74) is 1.27. The third-order valence-electron chi connectivity index (χ3n) is 2.78. The Morgan fingerprint density at radius 1 is 1.40 bits per heavy atom. The normalized spacial score (nSPS) is 20.1. The predicted octanol–water partition coefficient (Wildman–Crippen LogP) is 2.50. The first-order valence-corrected chi connectivity index (χ1v) is 5.13. The lowest BCUT2D eigenvalue weighted by Gasteiger charge is -2.22. The summed E-state index contributed by atoms with van der Waals surface area (Å²) in [6, 6.07) is 0. The van der Waals surface area contributed by atoms with Gasteiger partial charge in [-0.25, -0.2) is 4.98 Å². The van der Waals surface area contributed by atoms with Gasteiger partial charge in [-0.05, 0) is 44.7 Å². The first kappa shape index (κ1) is 15.1. The van der Waals surface area contributed by atoms with Crippen molar-refractivity contribution in [3.8, 4) is 0 Å². The molecule has 0 aliphatic carbocycles. The summed E-state index contributed by atoms with van der Waals surface area (Å²) in [4.78, 5) is 7.16. The van der Waals surface area contributed by atoms with Crippen LogP contribution >= 0.6 is 34.0 Å². The highest BCUT2D eigenvalue weighted by molar-refractivity contribution is 8.93. The fourth-order valence-corrected chi connectivity index (χ4v) is 1.95. The second kappa shape index (κ2) is 8.30. The number of hydrogen-bond acceptors (Lipinski definition) is 2. The van der Waals surface area contributed by atoms with Gasteiger partial charge in [0.1, 0.15) is 0 Å². The first-order valence-electron chi connectivity index (χ1n) is 5.13. The van der Waals surface area contributed by atoms with Crippen LogP contribution in [0.3, 0.4) is 0 Å². The lowest BCUT2D eigenvalue weighted by atomic mass is 9.94. The molecule has 0 bridgehead atoms. The maximum absolute atomic E-state index is 4.01. The van der Waals surface area contributed by atoms with E-state index in [0.29, 0.717) is 0 Å². The van der Waals surface area contributed by atoms with Crippen molar-refractivity contribution >= 4 is 34.0 Å². The van der Waals surface area contributed by atoms with E-state index >= 15 is 0 Å². The van der Waals surface area contributed by atoms with Gasteiger partial charge in [0.25, 0.3) is 0 Å². The SMILES string of the molecule is Br.Br.c1ncc(CCC2CCCNC2)[nH]1. The van der Waals surface area contributed by atoms with Crippen molar-refractivity contribution in [3.63, 3.8) is 0 Å². The number of piperidine rings is 1. The molecule has 1 fully saturated rings. The lowest BCUT2D eigenvalue weighted by molar-refractivity contribution is 0.357. The predicted molar refractivity (Wildman–Crippen MR) is 73.1 cm³/mol. The van der Waals surface area contributed by atoms with Crippen molar-refractivity contribution in [2.45, 2.75) is 25.7 Å². The van der Waals surface area contributed by atoms with Crippen LogP contribution in [0.4, 0.5) is 0 Å². The van der Waals surface area contributed by atoms with Crippen LogP contribution in [-0.2, 0) is 6.42 Å². The van der Waals surface area contributed by atoms with Gasteiger partial charge in [0.15, 0.2) is 0 Å². The number of aromatic amines is 1. The Hall–Kier alpha value is 0.130. The van der Waals surface area contributed by atoms with Gasteiger partial charge in [-0.15, -0.1) is 34.0 Å². The van der Waals surface area contributed by atoms with Crippen molar-refractivity contribution < 1.29 is 0 Å². The molecule has 88 valence electrons. The first-order chi connectivity index (χ1) is 6.45. The van der Waals surface area contributed by atoms with Crippen LogP contribution in [0.25, 0.3) is 0 Å². The molecule has 1 aromatic heterocycles. The quantitative estimate of drug-likeness (QED) is 0.887. The molecule has 5 heteroatoms. The summed E-state index contributed by atoms with van der Waals surface area (Å²) in [7, 11) is 0. The zero-order chi connectivity index (χ0) is 8.93. The van der Waals surface area contributed by atoms with E-state index in [-0.39, 0.29) is 34.0 Å². The zero-order valence-corrected chi connectivity index (χ0v) is 12.2. The Morgan fingerprint density at radius 3 is 2.87 bits per heavy atom. The van der Waals surface area contributed by atoms with Crippen LogP contribution in [0.15, 0.2) is 12.5 Å². The highest BCUT2D eigenvalue weighted by Gasteiger charge is 2.12. The summed E-state index contributed by atoms with van der Waals surface area (Å²) >= 11 is 0. The van der Waals surface area contributed by atoms with Gasteiger partial charge in [0.2, 0.25) is 0 Å². The second-order valence-corrected chi connectivity index (χ2v) is 3.83. The highest BCUT2D eigenvalue weighted by Crippen LogP contribution is 2.15. The molecule has 15 heavy (non-hydrogen) atoms. The molecular weight excluding hydrogens is 322 g/mol. The van der Waals surface area contributed by atoms with Crippen molar-refractivity contribution in [2.24, 2.45) is 5.92 Å². The van der Waals surface area contributed by atoms with Crippen LogP contribution in [-0.4, -0.2) is 23.1 Å². The average molecular weight is 341 g/mol. The highest BCUT2D eigenvalue weighted by atomic mass is 79.9. The molecule has 2 rings (SSSR count). The van der Waals surface area contributed by atoms with Crippen LogP contribution in [0.1, 0.15) is 25.0 Å². The average Bonchev–Trinajstić information content (AvgIpc) is 2.69. The maximum Gasteiger partial charge on any atom is 0.0921 e. The van der Waals surface area contributed by atoms with E-state index in [0.717, 1.165) is 12.3 Å². The Morgan fingerprint density at radius 2 is 2.27 bits per heavy atom. The standard InChI is InChI=1S/C10H17N3.2BrH/c1-2-9(6-11-5-1)3-4-10-7-12-8-13-10;;/h7-9,11H,1-6H2,(H,12,13);2*1H. The molecule has 1 saturated heterocycles. The molecule has 1 aromatic rings. The lowest BCUT2D eigenvalue weighted by Crippen LogP contribution is -2.29. The number of halogens is 2. The molecule has 2 N–H and O–H groups in total. The smallest absolute Gasteiger partial charge is 0.0921 e. The van der Waals surface area contributed by atoms with Crippen LogP contribution in [0, 0.1) is 5.92 Å². The number of aromatic nitrogens is 2. The molecular formula is C10H19Br2N3. The third-order valence-corrected chi connectivity index (χ3v) is 2.78. The van der Waals surface area contributed by atoms with Gasteiger partial charge in [-0.1, -0.05) is 0 Å². The molecule has 0 radical (unpaired) electrons. The fraction of sp³-hybridized carbons (Fsp3) is 0.700. The number of aryl methyl sites for hydroxylation is 1. The molecule has 0 spiro atoms. The molecule has 0 aromatic carbocycles. The van der Waals surface area contributed by atoms with E-state index in [2.05, 4.69) is 15.3 Å². The van der Waals surface area contributed by atoms with Gasteiger partial charge in [-0.3, -0.25) is 0 Å². The second-order valence-electron chi connectivity index (χ2n) is 3.83. The Kier molecular flexibility index (Phi) is 8.37. The summed E-state index contributed by atoms with van der Waals surface area (Å²) in [5.74, 6) is 0.872. The number of nitrogens with one attached hydrogen (secondary N) is 2. The minimum atomic E-state index is 0. The summed E-state index contributed by atoms with van der Waals surface area (Å²) in [6.45, 7) is 2.41. The van der Waals surface area contributed by atoms with E-state index in [9.17, 15) is 0 Å². The molecule has 1 unspecified atom stereocenters. The van der Waals surface area contributed by atoms with Gasteiger partial charge in [0, 0.05) is 11.9 Å². The Labute approximate surface area is 112 Å². The van der Waals surface area contributed by atoms with Gasteiger partial charge in [0.05, 0.1) is 6.33 Å². The number of H-pyrrole nitrogens is 1. The van der Waals surface area contributed by atoms with Crippen LogP contribution in [0.2, 0.25) is 0 Å². The van der Waals surface area contributed by atoms with Crippen molar-refractivity contribution in [1.82, 2.24) is 15.3 Å². The fourth-order valence-electron chi connectivity index (χ4n) is 1.95. The van der Waals surface area contributed by atoms with Gasteiger partial charge in [-0.2, -0.15) is 0 Å². The van der Waals surface area contributed by atoms with E-state index in [1.807, 2.05) is 6.20 Å². The van der Waals surface area contributed by atoms with Crippen LogP contribution < -0.4 is 5.32 Å². The molecule has 0 amide bonds. The van der Waals surface area contributed by atoms with Gasteiger partial charge < -0.3 is 10.3 Å². The Bertz CT molecular complexity index is 233. The molecule has 2 heterocycles. The Balaban J connectivity index is 0.000000980. The van der Waals surface area contributed by atoms with E-state index in [4.69, 9.17) is 0 Å². The van der Waals surface area contributed by atoms with Gasteiger partial charge >= 0.3 is 0 Å². The molecule has 1 atom stereocenters. The number of rotatable bonds is 3. The topological polar surface area (TPSA) is 40.7 Å². The summed E-state index contributed by atoms with van der Waals surface area (Å²) in [5, 5.41) is 3.44. The molecule has 0 saturated carbocycles. The third kappa shape index (κ3) is 5.13. The monoisotopic (exact) mass is 339 g/mol. The summed E-state index contributed by atoms with van der Waals surface area (Å²) in [6.07, 6.45) is 8.85. The minimum Gasteiger partial charge on any atom is -0.348 e. The number of imidazole rings is 1. The minimum absolute atomic E-state index is 0. The van der Waals surface area contributed by atoms with E-state index < -0.39 is 0 Å². The largest absolute Gasteiger partial charge is 0.348 e.